The van der Waals surface area contributed by atoms with Gasteiger partial charge in [0.05, 0.1) is 11.6 Å². The molecule has 0 spiro atoms. The van der Waals surface area contributed by atoms with E-state index in [-0.39, 0.29) is 0 Å². The van der Waals surface area contributed by atoms with E-state index in [0.29, 0.717) is 11.4 Å². The lowest BCUT2D eigenvalue weighted by atomic mass is 10.2. The second kappa shape index (κ2) is 5.40. The van der Waals surface area contributed by atoms with Crippen LogP contribution in [0.2, 0.25) is 0 Å². The topological polar surface area (TPSA) is 52.0 Å². The van der Waals surface area contributed by atoms with Crippen molar-refractivity contribution in [3.05, 3.63) is 47.7 Å². The number of nitrogens with zero attached hydrogens (tertiary/aromatic N) is 3. The van der Waals surface area contributed by atoms with Crippen LogP contribution in [0.4, 0.5) is 17.2 Å². The maximum atomic E-state index is 8.94. The summed E-state index contributed by atoms with van der Waals surface area (Å²) < 4.78 is 0. The number of nitrogens with one attached hydrogen (secondary N) is 1. The number of rotatable bonds is 3. The largest absolute Gasteiger partial charge is 0.378 e. The molecule has 0 aliphatic heterocycles. The molecule has 19 heavy (non-hydrogen) atoms. The number of anilines is 3. The third-order valence-electron chi connectivity index (χ3n) is 2.74. The number of hydrogen-bond donors (Lipinski definition) is 1. The van der Waals surface area contributed by atoms with Crippen LogP contribution < -0.4 is 10.2 Å². The van der Waals surface area contributed by atoms with Crippen molar-refractivity contribution in [1.29, 1.82) is 5.26 Å². The summed E-state index contributed by atoms with van der Waals surface area (Å²) in [5.41, 5.74) is 3.53. The van der Waals surface area contributed by atoms with Crippen molar-refractivity contribution >= 4 is 17.2 Å². The molecule has 1 N–H and O–H groups in total. The SMILES string of the molecule is Cc1cc(C#N)cc(Nc2ccc(N(C)C)cc2)n1. The molecule has 1 heterocycles. The molecule has 4 nitrogen and oxygen atoms in total. The lowest BCUT2D eigenvalue weighted by molar-refractivity contribution is 1.13. The van der Waals surface area contributed by atoms with E-state index >= 15 is 0 Å². The van der Waals surface area contributed by atoms with Crippen molar-refractivity contribution in [3.8, 4) is 6.07 Å². The van der Waals surface area contributed by atoms with E-state index in [9.17, 15) is 0 Å². The summed E-state index contributed by atoms with van der Waals surface area (Å²) in [4.78, 5) is 6.41. The van der Waals surface area contributed by atoms with Gasteiger partial charge >= 0.3 is 0 Å². The number of nitriles is 1. The zero-order valence-electron chi connectivity index (χ0n) is 11.3. The Bertz CT molecular complexity index is 609. The minimum atomic E-state index is 0.611. The summed E-state index contributed by atoms with van der Waals surface area (Å²) in [5.74, 6) is 0.689. The molecule has 0 atom stereocenters. The van der Waals surface area contributed by atoms with Gasteiger partial charge in [0, 0.05) is 31.2 Å². The number of aryl methyl sites for hydroxylation is 1. The smallest absolute Gasteiger partial charge is 0.131 e. The van der Waals surface area contributed by atoms with Crippen LogP contribution in [0.1, 0.15) is 11.3 Å². The normalized spacial score (nSPS) is 9.79. The Balaban J connectivity index is 2.21. The van der Waals surface area contributed by atoms with Gasteiger partial charge in [0.15, 0.2) is 0 Å². The Kier molecular flexibility index (Phi) is 3.67. The van der Waals surface area contributed by atoms with Gasteiger partial charge in [-0.05, 0) is 43.3 Å². The van der Waals surface area contributed by atoms with Crippen LogP contribution >= 0.6 is 0 Å². The molecule has 0 radical (unpaired) electrons. The van der Waals surface area contributed by atoms with Crippen LogP contribution in [0, 0.1) is 18.3 Å². The molecule has 0 saturated heterocycles. The quantitative estimate of drug-likeness (QED) is 0.912. The molecule has 2 rings (SSSR count). The first-order valence-electron chi connectivity index (χ1n) is 6.01. The summed E-state index contributed by atoms with van der Waals surface area (Å²) in [6.45, 7) is 1.88. The van der Waals surface area contributed by atoms with Gasteiger partial charge in [-0.15, -0.1) is 0 Å². The molecule has 0 aliphatic carbocycles. The number of aromatic nitrogens is 1. The third-order valence-corrected chi connectivity index (χ3v) is 2.74. The van der Waals surface area contributed by atoms with Crippen molar-refractivity contribution in [2.24, 2.45) is 0 Å². The first-order chi connectivity index (χ1) is 9.08. The zero-order chi connectivity index (χ0) is 13.8. The third kappa shape index (κ3) is 3.23. The van der Waals surface area contributed by atoms with Gasteiger partial charge in [0.2, 0.25) is 0 Å². The van der Waals surface area contributed by atoms with E-state index < -0.39 is 0 Å². The lowest BCUT2D eigenvalue weighted by Crippen LogP contribution is -2.08. The van der Waals surface area contributed by atoms with E-state index in [1.54, 1.807) is 12.1 Å². The molecule has 0 fully saturated rings. The van der Waals surface area contributed by atoms with Crippen LogP contribution in [0.3, 0.4) is 0 Å². The molecule has 2 aromatic rings. The van der Waals surface area contributed by atoms with Crippen LogP contribution in [0.5, 0.6) is 0 Å². The van der Waals surface area contributed by atoms with Crippen molar-refractivity contribution in [1.82, 2.24) is 4.98 Å². The second-order valence-corrected chi connectivity index (χ2v) is 4.56. The maximum absolute atomic E-state index is 8.94. The van der Waals surface area contributed by atoms with Gasteiger partial charge < -0.3 is 10.2 Å². The van der Waals surface area contributed by atoms with Crippen molar-refractivity contribution < 1.29 is 0 Å². The minimum absolute atomic E-state index is 0.611. The van der Waals surface area contributed by atoms with Gasteiger partial charge in [0.1, 0.15) is 5.82 Å². The molecule has 0 unspecified atom stereocenters. The van der Waals surface area contributed by atoms with E-state index in [0.717, 1.165) is 17.1 Å². The van der Waals surface area contributed by atoms with Crippen molar-refractivity contribution in [3.63, 3.8) is 0 Å². The molecular weight excluding hydrogens is 236 g/mol. The van der Waals surface area contributed by atoms with Crippen LogP contribution in [-0.2, 0) is 0 Å². The Morgan fingerprint density at radius 3 is 2.42 bits per heavy atom. The van der Waals surface area contributed by atoms with Crippen molar-refractivity contribution in [2.75, 3.05) is 24.3 Å². The summed E-state index contributed by atoms with van der Waals surface area (Å²) in [6.07, 6.45) is 0. The predicted molar refractivity (Wildman–Crippen MR) is 77.7 cm³/mol. The molecule has 0 amide bonds. The van der Waals surface area contributed by atoms with Gasteiger partial charge in [-0.25, -0.2) is 4.98 Å². The number of benzene rings is 1. The van der Waals surface area contributed by atoms with Gasteiger partial charge in [-0.1, -0.05) is 0 Å². The Labute approximate surface area is 113 Å². The molecule has 0 saturated carbocycles. The van der Waals surface area contributed by atoms with Gasteiger partial charge in [-0.3, -0.25) is 0 Å². The molecule has 96 valence electrons. The van der Waals surface area contributed by atoms with E-state index in [4.69, 9.17) is 5.26 Å². The maximum Gasteiger partial charge on any atom is 0.131 e. The Hall–Kier alpha value is -2.54. The highest BCUT2D eigenvalue weighted by Crippen LogP contribution is 2.19. The monoisotopic (exact) mass is 252 g/mol. The Morgan fingerprint density at radius 1 is 1.16 bits per heavy atom. The average Bonchev–Trinajstić information content (AvgIpc) is 2.38. The van der Waals surface area contributed by atoms with Crippen LogP contribution in [0.25, 0.3) is 0 Å². The first kappa shape index (κ1) is 12.9. The molecule has 1 aromatic heterocycles. The number of hydrogen-bond acceptors (Lipinski definition) is 4. The van der Waals surface area contributed by atoms with Gasteiger partial charge in [0.25, 0.3) is 0 Å². The number of pyridine rings is 1. The van der Waals surface area contributed by atoms with E-state index in [2.05, 4.69) is 16.4 Å². The summed E-state index contributed by atoms with van der Waals surface area (Å²) in [6, 6.07) is 13.7. The van der Waals surface area contributed by atoms with Crippen LogP contribution in [-0.4, -0.2) is 19.1 Å². The zero-order valence-corrected chi connectivity index (χ0v) is 11.3. The van der Waals surface area contributed by atoms with Crippen molar-refractivity contribution in [2.45, 2.75) is 6.92 Å². The standard InChI is InChI=1S/C15H16N4/c1-11-8-12(10-16)9-15(17-11)18-13-4-6-14(7-5-13)19(2)3/h4-9H,1-3H3,(H,17,18). The lowest BCUT2D eigenvalue weighted by Gasteiger charge is -2.13. The Morgan fingerprint density at radius 2 is 1.84 bits per heavy atom. The fraction of sp³-hybridized carbons (Fsp3) is 0.200. The summed E-state index contributed by atoms with van der Waals surface area (Å²) >= 11 is 0. The van der Waals surface area contributed by atoms with Gasteiger partial charge in [-0.2, -0.15) is 5.26 Å². The molecule has 4 heteroatoms. The molecular formula is C15H16N4. The van der Waals surface area contributed by atoms with Crippen LogP contribution in [0.15, 0.2) is 36.4 Å². The highest BCUT2D eigenvalue weighted by atomic mass is 15.1. The highest BCUT2D eigenvalue weighted by Gasteiger charge is 2.01. The predicted octanol–water partition coefficient (Wildman–Crippen LogP) is 3.07. The van der Waals surface area contributed by atoms with E-state index in [1.807, 2.05) is 50.2 Å². The highest BCUT2D eigenvalue weighted by molar-refractivity contribution is 5.61. The molecule has 1 aromatic carbocycles. The average molecular weight is 252 g/mol. The molecule has 0 aliphatic rings. The fourth-order valence-electron chi connectivity index (χ4n) is 1.79. The first-order valence-corrected chi connectivity index (χ1v) is 6.01. The molecule has 0 bridgehead atoms. The minimum Gasteiger partial charge on any atom is -0.378 e. The second-order valence-electron chi connectivity index (χ2n) is 4.56. The van der Waals surface area contributed by atoms with E-state index in [1.165, 1.54) is 0 Å². The summed E-state index contributed by atoms with van der Waals surface area (Å²) in [7, 11) is 4.01. The summed E-state index contributed by atoms with van der Waals surface area (Å²) in [5, 5.41) is 12.1. The fourth-order valence-corrected chi connectivity index (χ4v) is 1.79.